The molecule has 1 saturated heterocycles. The van der Waals surface area contributed by atoms with Crippen LogP contribution in [0.2, 0.25) is 10.0 Å². The molecule has 0 saturated carbocycles. The van der Waals surface area contributed by atoms with Crippen LogP contribution in [0.3, 0.4) is 0 Å². The van der Waals surface area contributed by atoms with Gasteiger partial charge in [0.1, 0.15) is 5.76 Å². The molecule has 7 heteroatoms. The topological polar surface area (TPSA) is 45.8 Å². The zero-order valence-corrected chi connectivity index (χ0v) is 13.1. The van der Waals surface area contributed by atoms with E-state index in [0.717, 1.165) is 0 Å². The molecular formula is C14H10Cl2N2O2S. The van der Waals surface area contributed by atoms with E-state index in [-0.39, 0.29) is 5.91 Å². The van der Waals surface area contributed by atoms with Crippen molar-refractivity contribution in [2.24, 2.45) is 4.99 Å². The van der Waals surface area contributed by atoms with Crippen molar-refractivity contribution in [3.63, 3.8) is 0 Å². The molecule has 1 aromatic heterocycles. The lowest BCUT2D eigenvalue weighted by atomic mass is 10.3. The van der Waals surface area contributed by atoms with Gasteiger partial charge in [0.25, 0.3) is 0 Å². The highest BCUT2D eigenvalue weighted by Crippen LogP contribution is 2.34. The van der Waals surface area contributed by atoms with Crippen LogP contribution in [0.25, 0.3) is 0 Å². The van der Waals surface area contributed by atoms with Gasteiger partial charge < -0.3 is 4.42 Å². The van der Waals surface area contributed by atoms with Gasteiger partial charge in [0.15, 0.2) is 5.17 Å². The predicted molar refractivity (Wildman–Crippen MR) is 85.3 cm³/mol. The lowest BCUT2D eigenvalue weighted by Gasteiger charge is -2.14. The summed E-state index contributed by atoms with van der Waals surface area (Å²) in [5.74, 6) is 1.06. The van der Waals surface area contributed by atoms with Crippen molar-refractivity contribution in [1.29, 1.82) is 0 Å². The van der Waals surface area contributed by atoms with Crippen LogP contribution >= 0.6 is 35.0 Å². The minimum Gasteiger partial charge on any atom is -0.467 e. The first-order valence-electron chi connectivity index (χ1n) is 6.13. The molecule has 1 aliphatic heterocycles. The number of carbonyl (C=O) groups is 1. The standard InChI is InChI=1S/C14H10Cl2N2O2S/c15-10-4-1-5-11(13(10)16)17-14-18(12(19)8-21-14)7-9-3-2-6-20-9/h1-6H,7-8H2. The summed E-state index contributed by atoms with van der Waals surface area (Å²) in [4.78, 5) is 18.0. The maximum absolute atomic E-state index is 12.0. The fourth-order valence-electron chi connectivity index (χ4n) is 1.88. The quantitative estimate of drug-likeness (QED) is 0.834. The molecule has 21 heavy (non-hydrogen) atoms. The second kappa shape index (κ2) is 6.13. The largest absolute Gasteiger partial charge is 0.467 e. The average molecular weight is 341 g/mol. The van der Waals surface area contributed by atoms with Crippen molar-refractivity contribution >= 4 is 51.7 Å². The number of nitrogens with zero attached hydrogens (tertiary/aromatic N) is 2. The van der Waals surface area contributed by atoms with Crippen molar-refractivity contribution < 1.29 is 9.21 Å². The van der Waals surface area contributed by atoms with E-state index in [9.17, 15) is 4.79 Å². The van der Waals surface area contributed by atoms with Gasteiger partial charge >= 0.3 is 0 Å². The molecule has 108 valence electrons. The number of benzene rings is 1. The molecule has 2 heterocycles. The Hall–Kier alpha value is -1.43. The summed E-state index contributed by atoms with van der Waals surface area (Å²) in [5.41, 5.74) is 0.547. The van der Waals surface area contributed by atoms with Crippen molar-refractivity contribution in [2.45, 2.75) is 6.54 Å². The molecule has 0 bridgehead atoms. The van der Waals surface area contributed by atoms with E-state index >= 15 is 0 Å². The predicted octanol–water partition coefficient (Wildman–Crippen LogP) is 4.35. The normalized spacial score (nSPS) is 17.0. The van der Waals surface area contributed by atoms with Gasteiger partial charge in [0.2, 0.25) is 5.91 Å². The molecular weight excluding hydrogens is 331 g/mol. The molecule has 0 aliphatic carbocycles. The molecule has 0 atom stereocenters. The number of rotatable bonds is 3. The number of carbonyl (C=O) groups excluding carboxylic acids is 1. The first kappa shape index (κ1) is 14.5. The second-order valence-electron chi connectivity index (χ2n) is 4.32. The summed E-state index contributed by atoms with van der Waals surface area (Å²) in [7, 11) is 0. The Labute approximate surface area is 135 Å². The summed E-state index contributed by atoms with van der Waals surface area (Å²) in [5, 5.41) is 1.41. The maximum atomic E-state index is 12.0. The van der Waals surface area contributed by atoms with Gasteiger partial charge in [-0.25, -0.2) is 4.99 Å². The van der Waals surface area contributed by atoms with Gasteiger partial charge in [-0.15, -0.1) is 0 Å². The number of aliphatic imine (C=N–C) groups is 1. The van der Waals surface area contributed by atoms with Gasteiger partial charge in [0, 0.05) is 0 Å². The third-order valence-corrected chi connectivity index (χ3v) is 4.67. The summed E-state index contributed by atoms with van der Waals surface area (Å²) in [6.07, 6.45) is 1.58. The lowest BCUT2D eigenvalue weighted by molar-refractivity contribution is -0.124. The van der Waals surface area contributed by atoms with Crippen LogP contribution in [-0.2, 0) is 11.3 Å². The zero-order valence-electron chi connectivity index (χ0n) is 10.8. The Bertz CT molecular complexity index is 701. The highest BCUT2D eigenvalue weighted by Gasteiger charge is 2.29. The first-order chi connectivity index (χ1) is 10.1. The number of amidine groups is 1. The highest BCUT2D eigenvalue weighted by atomic mass is 35.5. The number of hydrogen-bond donors (Lipinski definition) is 0. The van der Waals surface area contributed by atoms with Crippen molar-refractivity contribution in [3.8, 4) is 0 Å². The summed E-state index contributed by atoms with van der Waals surface area (Å²) in [6.45, 7) is 0.357. The van der Waals surface area contributed by atoms with Gasteiger partial charge in [-0.1, -0.05) is 41.0 Å². The number of amides is 1. The van der Waals surface area contributed by atoms with Gasteiger partial charge in [-0.05, 0) is 24.3 Å². The molecule has 3 rings (SSSR count). The van der Waals surface area contributed by atoms with Crippen LogP contribution in [0.15, 0.2) is 46.0 Å². The molecule has 1 aromatic carbocycles. The smallest absolute Gasteiger partial charge is 0.239 e. The Morgan fingerprint density at radius 1 is 1.29 bits per heavy atom. The van der Waals surface area contributed by atoms with E-state index in [2.05, 4.69) is 4.99 Å². The fourth-order valence-corrected chi connectivity index (χ4v) is 3.11. The lowest BCUT2D eigenvalue weighted by Crippen LogP contribution is -2.28. The van der Waals surface area contributed by atoms with Crippen molar-refractivity contribution in [3.05, 3.63) is 52.4 Å². The number of furan rings is 1. The molecule has 0 radical (unpaired) electrons. The van der Waals surface area contributed by atoms with Crippen molar-refractivity contribution in [2.75, 3.05) is 5.75 Å². The third-order valence-electron chi connectivity index (χ3n) is 2.90. The van der Waals surface area contributed by atoms with Crippen molar-refractivity contribution in [1.82, 2.24) is 4.90 Å². The van der Waals surface area contributed by atoms with Crippen LogP contribution in [0.4, 0.5) is 5.69 Å². The maximum Gasteiger partial charge on any atom is 0.239 e. The monoisotopic (exact) mass is 340 g/mol. The Balaban J connectivity index is 1.90. The molecule has 0 N–H and O–H groups in total. The Morgan fingerprint density at radius 3 is 2.90 bits per heavy atom. The third kappa shape index (κ3) is 3.10. The molecule has 1 aliphatic rings. The van der Waals surface area contributed by atoms with Crippen LogP contribution in [0.1, 0.15) is 5.76 Å². The number of hydrogen-bond acceptors (Lipinski definition) is 4. The Morgan fingerprint density at radius 2 is 2.14 bits per heavy atom. The fraction of sp³-hybridized carbons (Fsp3) is 0.143. The van der Waals surface area contributed by atoms with Crippen LogP contribution in [0.5, 0.6) is 0 Å². The van der Waals surface area contributed by atoms with Crippen LogP contribution in [0, 0.1) is 0 Å². The van der Waals surface area contributed by atoms with Gasteiger partial charge in [-0.3, -0.25) is 9.69 Å². The molecule has 4 nitrogen and oxygen atoms in total. The summed E-state index contributed by atoms with van der Waals surface area (Å²) >= 11 is 13.5. The molecule has 0 unspecified atom stereocenters. The molecule has 2 aromatic rings. The van der Waals surface area contributed by atoms with E-state index in [1.54, 1.807) is 35.4 Å². The second-order valence-corrected chi connectivity index (χ2v) is 6.04. The number of thioether (sulfide) groups is 1. The molecule has 0 spiro atoms. The SMILES string of the molecule is O=C1CSC(=Nc2cccc(Cl)c2Cl)N1Cc1ccco1. The number of halogens is 2. The van der Waals surface area contributed by atoms with E-state index in [4.69, 9.17) is 27.6 Å². The Kier molecular flexibility index (Phi) is 4.24. The summed E-state index contributed by atoms with van der Waals surface area (Å²) in [6, 6.07) is 8.83. The van der Waals surface area contributed by atoms with Gasteiger partial charge in [-0.2, -0.15) is 0 Å². The van der Waals surface area contributed by atoms with E-state index in [0.29, 0.717) is 39.0 Å². The minimum atomic E-state index is -0.00620. The van der Waals surface area contributed by atoms with Crippen LogP contribution in [-0.4, -0.2) is 21.7 Å². The molecule has 1 fully saturated rings. The highest BCUT2D eigenvalue weighted by molar-refractivity contribution is 8.15. The minimum absolute atomic E-state index is 0.00620. The van der Waals surface area contributed by atoms with E-state index in [1.165, 1.54) is 11.8 Å². The average Bonchev–Trinajstić information content (AvgIpc) is 3.09. The van der Waals surface area contributed by atoms with E-state index in [1.807, 2.05) is 6.07 Å². The first-order valence-corrected chi connectivity index (χ1v) is 7.87. The summed E-state index contributed by atoms with van der Waals surface area (Å²) < 4.78 is 5.28. The molecule has 1 amide bonds. The van der Waals surface area contributed by atoms with Gasteiger partial charge in [0.05, 0.1) is 34.3 Å². The zero-order chi connectivity index (χ0) is 14.8. The van der Waals surface area contributed by atoms with E-state index < -0.39 is 0 Å². The van der Waals surface area contributed by atoms with Crippen LogP contribution < -0.4 is 0 Å².